The quantitative estimate of drug-likeness (QED) is 0.589. The third-order valence-corrected chi connectivity index (χ3v) is 1.29. The standard InChI is InChI=1S/C7H18N2O/c1-9(2)6-7(8)4-5-10-3/h7H,4-6,8H2,1-3H3. The van der Waals surface area contributed by atoms with E-state index < -0.39 is 0 Å². The van der Waals surface area contributed by atoms with Crippen molar-refractivity contribution in [3.05, 3.63) is 0 Å². The van der Waals surface area contributed by atoms with Gasteiger partial charge in [-0.25, -0.2) is 0 Å². The van der Waals surface area contributed by atoms with Gasteiger partial charge in [-0.15, -0.1) is 0 Å². The normalized spacial score (nSPS) is 14.1. The molecule has 0 aromatic carbocycles. The second kappa shape index (κ2) is 5.65. The van der Waals surface area contributed by atoms with Crippen LogP contribution in [0.15, 0.2) is 0 Å². The van der Waals surface area contributed by atoms with Crippen molar-refractivity contribution in [2.45, 2.75) is 12.5 Å². The molecule has 0 radical (unpaired) electrons. The summed E-state index contributed by atoms with van der Waals surface area (Å²) < 4.78 is 4.90. The molecule has 0 bridgehead atoms. The molecule has 0 aromatic heterocycles. The highest BCUT2D eigenvalue weighted by molar-refractivity contribution is 4.62. The Morgan fingerprint density at radius 1 is 1.50 bits per heavy atom. The molecule has 0 aliphatic rings. The van der Waals surface area contributed by atoms with E-state index in [1.165, 1.54) is 0 Å². The van der Waals surface area contributed by atoms with Crippen LogP contribution in [0.1, 0.15) is 6.42 Å². The van der Waals surface area contributed by atoms with Gasteiger partial charge < -0.3 is 15.4 Å². The Kier molecular flexibility index (Phi) is 5.58. The molecule has 1 unspecified atom stereocenters. The van der Waals surface area contributed by atoms with Crippen molar-refractivity contribution in [3.63, 3.8) is 0 Å². The Bertz CT molecular complexity index is 76.0. The van der Waals surface area contributed by atoms with E-state index in [4.69, 9.17) is 10.5 Å². The van der Waals surface area contributed by atoms with Crippen LogP contribution in [0.4, 0.5) is 0 Å². The lowest BCUT2D eigenvalue weighted by molar-refractivity contribution is 0.182. The molecule has 3 heteroatoms. The van der Waals surface area contributed by atoms with E-state index in [1.54, 1.807) is 7.11 Å². The van der Waals surface area contributed by atoms with Gasteiger partial charge >= 0.3 is 0 Å². The number of hydrogen-bond donors (Lipinski definition) is 1. The molecule has 0 amide bonds. The third-order valence-electron chi connectivity index (χ3n) is 1.29. The van der Waals surface area contributed by atoms with E-state index in [1.807, 2.05) is 14.1 Å². The number of likely N-dealkylation sites (N-methyl/N-ethyl adjacent to an activating group) is 1. The fraction of sp³-hybridized carbons (Fsp3) is 1.00. The summed E-state index contributed by atoms with van der Waals surface area (Å²) in [6.45, 7) is 1.69. The molecule has 1 atom stereocenters. The highest BCUT2D eigenvalue weighted by Crippen LogP contribution is 1.89. The lowest BCUT2D eigenvalue weighted by Crippen LogP contribution is -2.33. The SMILES string of the molecule is COCCC(N)CN(C)C. The first kappa shape index (κ1) is 9.88. The smallest absolute Gasteiger partial charge is 0.0477 e. The minimum Gasteiger partial charge on any atom is -0.385 e. The van der Waals surface area contributed by atoms with Gasteiger partial charge in [0.15, 0.2) is 0 Å². The van der Waals surface area contributed by atoms with Crippen molar-refractivity contribution in [2.24, 2.45) is 5.73 Å². The Morgan fingerprint density at radius 3 is 2.50 bits per heavy atom. The molecule has 10 heavy (non-hydrogen) atoms. The summed E-state index contributed by atoms with van der Waals surface area (Å²) in [5, 5.41) is 0. The van der Waals surface area contributed by atoms with Crippen molar-refractivity contribution >= 4 is 0 Å². The first-order chi connectivity index (χ1) is 4.66. The molecule has 0 heterocycles. The van der Waals surface area contributed by atoms with Crippen LogP contribution in [0, 0.1) is 0 Å². The number of ether oxygens (including phenoxy) is 1. The maximum Gasteiger partial charge on any atom is 0.0477 e. The molecule has 0 aromatic rings. The van der Waals surface area contributed by atoms with Gasteiger partial charge in [-0.3, -0.25) is 0 Å². The van der Waals surface area contributed by atoms with Crippen molar-refractivity contribution in [1.29, 1.82) is 0 Å². The second-order valence-corrected chi connectivity index (χ2v) is 2.80. The van der Waals surface area contributed by atoms with Crippen LogP contribution in [0.25, 0.3) is 0 Å². The van der Waals surface area contributed by atoms with Gasteiger partial charge in [0, 0.05) is 26.3 Å². The van der Waals surface area contributed by atoms with Crippen LogP contribution in [0.3, 0.4) is 0 Å². The monoisotopic (exact) mass is 146 g/mol. The topological polar surface area (TPSA) is 38.5 Å². The summed E-state index contributed by atoms with van der Waals surface area (Å²) in [6, 6.07) is 0.245. The summed E-state index contributed by atoms with van der Waals surface area (Å²) in [5.41, 5.74) is 5.74. The lowest BCUT2D eigenvalue weighted by atomic mass is 10.2. The van der Waals surface area contributed by atoms with Crippen LogP contribution >= 0.6 is 0 Å². The Morgan fingerprint density at radius 2 is 2.10 bits per heavy atom. The number of nitrogens with two attached hydrogens (primary N) is 1. The molecule has 0 spiro atoms. The molecular formula is C7H18N2O. The Balaban J connectivity index is 3.16. The zero-order chi connectivity index (χ0) is 7.98. The molecule has 0 saturated heterocycles. The fourth-order valence-electron chi connectivity index (χ4n) is 0.830. The van der Waals surface area contributed by atoms with E-state index in [0.717, 1.165) is 19.6 Å². The summed E-state index contributed by atoms with van der Waals surface area (Å²) in [7, 11) is 5.74. The van der Waals surface area contributed by atoms with Crippen molar-refractivity contribution in [1.82, 2.24) is 4.90 Å². The molecule has 3 nitrogen and oxygen atoms in total. The number of nitrogens with zero attached hydrogens (tertiary/aromatic N) is 1. The van der Waals surface area contributed by atoms with Crippen LogP contribution in [0.5, 0.6) is 0 Å². The molecule has 0 rings (SSSR count). The lowest BCUT2D eigenvalue weighted by Gasteiger charge is -2.15. The van der Waals surface area contributed by atoms with Gasteiger partial charge in [0.25, 0.3) is 0 Å². The van der Waals surface area contributed by atoms with Crippen LogP contribution in [-0.2, 0) is 4.74 Å². The first-order valence-corrected chi connectivity index (χ1v) is 3.56. The third kappa shape index (κ3) is 6.01. The molecule has 0 aliphatic carbocycles. The molecule has 2 N–H and O–H groups in total. The highest BCUT2D eigenvalue weighted by Gasteiger charge is 2.01. The van der Waals surface area contributed by atoms with Crippen molar-refractivity contribution in [3.8, 4) is 0 Å². The predicted molar refractivity (Wildman–Crippen MR) is 43.0 cm³/mol. The molecule has 0 aliphatic heterocycles. The minimum atomic E-state index is 0.245. The number of methoxy groups -OCH3 is 1. The van der Waals surface area contributed by atoms with Gasteiger partial charge in [-0.1, -0.05) is 0 Å². The maximum atomic E-state index is 5.74. The van der Waals surface area contributed by atoms with E-state index >= 15 is 0 Å². The van der Waals surface area contributed by atoms with E-state index in [-0.39, 0.29) is 6.04 Å². The summed E-state index contributed by atoms with van der Waals surface area (Å²) in [4.78, 5) is 2.08. The highest BCUT2D eigenvalue weighted by atomic mass is 16.5. The van der Waals surface area contributed by atoms with Crippen LogP contribution in [-0.4, -0.2) is 45.3 Å². The minimum absolute atomic E-state index is 0.245. The van der Waals surface area contributed by atoms with Crippen molar-refractivity contribution < 1.29 is 4.74 Å². The van der Waals surface area contributed by atoms with E-state index in [0.29, 0.717) is 0 Å². The first-order valence-electron chi connectivity index (χ1n) is 3.56. The van der Waals surface area contributed by atoms with Gasteiger partial charge in [-0.2, -0.15) is 0 Å². The van der Waals surface area contributed by atoms with E-state index in [9.17, 15) is 0 Å². The Labute approximate surface area is 63.1 Å². The zero-order valence-corrected chi connectivity index (χ0v) is 7.13. The molecule has 0 saturated carbocycles. The van der Waals surface area contributed by atoms with Gasteiger partial charge in [0.2, 0.25) is 0 Å². The number of hydrogen-bond acceptors (Lipinski definition) is 3. The van der Waals surface area contributed by atoms with Crippen molar-refractivity contribution in [2.75, 3.05) is 34.4 Å². The second-order valence-electron chi connectivity index (χ2n) is 2.80. The summed E-state index contributed by atoms with van der Waals surface area (Å²) in [5.74, 6) is 0. The average Bonchev–Trinajstić information content (AvgIpc) is 1.82. The van der Waals surface area contributed by atoms with Gasteiger partial charge in [0.05, 0.1) is 0 Å². The molecular weight excluding hydrogens is 128 g/mol. The van der Waals surface area contributed by atoms with Gasteiger partial charge in [-0.05, 0) is 20.5 Å². The summed E-state index contributed by atoms with van der Waals surface area (Å²) in [6.07, 6.45) is 0.939. The summed E-state index contributed by atoms with van der Waals surface area (Å²) >= 11 is 0. The van der Waals surface area contributed by atoms with Gasteiger partial charge in [0.1, 0.15) is 0 Å². The van der Waals surface area contributed by atoms with E-state index in [2.05, 4.69) is 4.90 Å². The van der Waals surface area contributed by atoms with Crippen LogP contribution in [0.2, 0.25) is 0 Å². The average molecular weight is 146 g/mol. The number of rotatable bonds is 5. The molecule has 0 fully saturated rings. The predicted octanol–water partition coefficient (Wildman–Crippen LogP) is -0.0882. The fourth-order valence-corrected chi connectivity index (χ4v) is 0.830. The zero-order valence-electron chi connectivity index (χ0n) is 7.13. The molecule has 62 valence electrons. The largest absolute Gasteiger partial charge is 0.385 e. The Hall–Kier alpha value is -0.120. The van der Waals surface area contributed by atoms with Crippen LogP contribution < -0.4 is 5.73 Å². The maximum absolute atomic E-state index is 5.74.